The molecule has 3 heterocycles. The van der Waals surface area contributed by atoms with Gasteiger partial charge in [-0.15, -0.1) is 0 Å². The van der Waals surface area contributed by atoms with Gasteiger partial charge in [-0.05, 0) is 28.8 Å². The van der Waals surface area contributed by atoms with Crippen LogP contribution in [0.2, 0.25) is 0 Å². The Morgan fingerprint density at radius 2 is 1.62 bits per heavy atom. The molecule has 2 aliphatic rings. The number of rotatable bonds is 6. The quantitative estimate of drug-likeness (QED) is 0.485. The van der Waals surface area contributed by atoms with Crippen LogP contribution in [0.4, 0.5) is 0 Å². The topological polar surface area (TPSA) is 120 Å². The van der Waals surface area contributed by atoms with E-state index < -0.39 is 47.8 Å². The molecule has 172 valence electrons. The van der Waals surface area contributed by atoms with Crippen molar-refractivity contribution in [2.45, 2.75) is 18.1 Å². The standard InChI is InChI=1S/C26H23N3O5/c30-15-26(25(33)34)21-20(23(31)29(24(21)32)14-19-8-4-5-13-27-19)22(28-26)18-11-9-17(10-12-18)16-6-2-1-3-7-16/h1-13,20-22,28,30H,14-15H2,(H,33,34). The number of aliphatic carboxylic acids is 1. The maximum atomic E-state index is 13.5. The van der Waals surface area contributed by atoms with E-state index in [0.717, 1.165) is 16.0 Å². The Morgan fingerprint density at radius 1 is 0.941 bits per heavy atom. The van der Waals surface area contributed by atoms with Gasteiger partial charge >= 0.3 is 5.97 Å². The number of hydrogen-bond donors (Lipinski definition) is 3. The highest BCUT2D eigenvalue weighted by atomic mass is 16.4. The minimum Gasteiger partial charge on any atom is -0.480 e. The highest BCUT2D eigenvalue weighted by Crippen LogP contribution is 2.49. The number of hydrogen-bond acceptors (Lipinski definition) is 6. The zero-order chi connectivity index (χ0) is 23.9. The molecule has 0 saturated carbocycles. The third-order valence-electron chi connectivity index (χ3n) is 6.80. The lowest BCUT2D eigenvalue weighted by molar-refractivity contribution is -0.153. The van der Waals surface area contributed by atoms with Crippen LogP contribution in [-0.4, -0.2) is 50.0 Å². The Bertz CT molecular complexity index is 1230. The predicted octanol–water partition coefficient (Wildman–Crippen LogP) is 2.01. The number of amides is 2. The maximum absolute atomic E-state index is 13.5. The van der Waals surface area contributed by atoms with Crippen molar-refractivity contribution in [3.05, 3.63) is 90.3 Å². The summed E-state index contributed by atoms with van der Waals surface area (Å²) in [7, 11) is 0. The molecule has 5 rings (SSSR count). The van der Waals surface area contributed by atoms with Crippen LogP contribution >= 0.6 is 0 Å². The Morgan fingerprint density at radius 3 is 2.24 bits per heavy atom. The molecule has 2 amide bonds. The van der Waals surface area contributed by atoms with E-state index in [1.54, 1.807) is 24.4 Å². The van der Waals surface area contributed by atoms with E-state index in [1.165, 1.54) is 0 Å². The van der Waals surface area contributed by atoms with Gasteiger partial charge in [-0.3, -0.25) is 29.6 Å². The summed E-state index contributed by atoms with van der Waals surface area (Å²) >= 11 is 0. The number of likely N-dealkylation sites (tertiary alicyclic amines) is 1. The van der Waals surface area contributed by atoms with Gasteiger partial charge in [0.15, 0.2) is 5.54 Å². The first-order valence-corrected chi connectivity index (χ1v) is 11.0. The first-order valence-electron chi connectivity index (χ1n) is 11.0. The van der Waals surface area contributed by atoms with Gasteiger partial charge in [0.2, 0.25) is 11.8 Å². The van der Waals surface area contributed by atoms with Gasteiger partial charge in [-0.2, -0.15) is 0 Å². The number of nitrogens with zero attached hydrogens (tertiary/aromatic N) is 2. The molecule has 2 saturated heterocycles. The fourth-order valence-electron chi connectivity index (χ4n) is 5.08. The summed E-state index contributed by atoms with van der Waals surface area (Å²) in [6.07, 6.45) is 1.56. The van der Waals surface area contributed by atoms with Gasteiger partial charge in [0.1, 0.15) is 0 Å². The van der Waals surface area contributed by atoms with Gasteiger partial charge in [-0.25, -0.2) is 0 Å². The highest BCUT2D eigenvalue weighted by molar-refractivity contribution is 6.09. The first-order chi connectivity index (χ1) is 16.5. The SMILES string of the molecule is O=C1C2C(c3ccc(-c4ccccc4)cc3)NC(CO)(C(=O)O)C2C(=O)N1Cc1ccccn1. The molecule has 0 aliphatic carbocycles. The fraction of sp³-hybridized carbons (Fsp3) is 0.231. The molecule has 8 heteroatoms. The molecule has 0 bridgehead atoms. The zero-order valence-electron chi connectivity index (χ0n) is 18.2. The molecule has 1 aromatic heterocycles. The summed E-state index contributed by atoms with van der Waals surface area (Å²) < 4.78 is 0. The Kier molecular flexibility index (Phi) is 5.47. The largest absolute Gasteiger partial charge is 0.480 e. The monoisotopic (exact) mass is 457 g/mol. The molecular formula is C26H23N3O5. The molecule has 2 aliphatic heterocycles. The van der Waals surface area contributed by atoms with E-state index >= 15 is 0 Å². The number of imide groups is 1. The van der Waals surface area contributed by atoms with Crippen LogP contribution in [0.5, 0.6) is 0 Å². The molecule has 2 aromatic carbocycles. The summed E-state index contributed by atoms with van der Waals surface area (Å²) in [5.74, 6) is -4.64. The van der Waals surface area contributed by atoms with Crippen LogP contribution in [0.25, 0.3) is 11.1 Å². The number of benzene rings is 2. The highest BCUT2D eigenvalue weighted by Gasteiger charge is 2.68. The van der Waals surface area contributed by atoms with Crippen molar-refractivity contribution >= 4 is 17.8 Å². The van der Waals surface area contributed by atoms with Crippen molar-refractivity contribution in [3.63, 3.8) is 0 Å². The van der Waals surface area contributed by atoms with Crippen LogP contribution in [0, 0.1) is 11.8 Å². The number of nitrogens with one attached hydrogen (secondary N) is 1. The molecule has 8 nitrogen and oxygen atoms in total. The average molecular weight is 457 g/mol. The summed E-state index contributed by atoms with van der Waals surface area (Å²) in [5.41, 5.74) is 1.23. The van der Waals surface area contributed by atoms with E-state index in [-0.39, 0.29) is 6.54 Å². The smallest absolute Gasteiger partial charge is 0.327 e. The van der Waals surface area contributed by atoms with Crippen LogP contribution in [-0.2, 0) is 20.9 Å². The van der Waals surface area contributed by atoms with Crippen LogP contribution in [0.1, 0.15) is 17.3 Å². The zero-order valence-corrected chi connectivity index (χ0v) is 18.2. The third-order valence-corrected chi connectivity index (χ3v) is 6.80. The van der Waals surface area contributed by atoms with E-state index in [4.69, 9.17) is 0 Å². The number of carboxylic acids is 1. The van der Waals surface area contributed by atoms with Crippen LogP contribution < -0.4 is 5.32 Å². The summed E-state index contributed by atoms with van der Waals surface area (Å²) in [6, 6.07) is 21.6. The lowest BCUT2D eigenvalue weighted by Crippen LogP contribution is -2.58. The minimum absolute atomic E-state index is 0.0493. The van der Waals surface area contributed by atoms with Crippen molar-refractivity contribution in [1.82, 2.24) is 15.2 Å². The second-order valence-electron chi connectivity index (χ2n) is 8.63. The number of aliphatic hydroxyl groups is 1. The van der Waals surface area contributed by atoms with Gasteiger partial charge in [0.05, 0.1) is 30.7 Å². The molecule has 3 aromatic rings. The van der Waals surface area contributed by atoms with Crippen molar-refractivity contribution < 1.29 is 24.6 Å². The average Bonchev–Trinajstić information content (AvgIpc) is 3.35. The van der Waals surface area contributed by atoms with Crippen LogP contribution in [0.3, 0.4) is 0 Å². The molecule has 4 atom stereocenters. The van der Waals surface area contributed by atoms with E-state index in [2.05, 4.69) is 10.3 Å². The molecule has 4 unspecified atom stereocenters. The number of fused-ring (bicyclic) bond motifs is 1. The van der Waals surface area contributed by atoms with Gasteiger partial charge in [0, 0.05) is 12.2 Å². The molecule has 34 heavy (non-hydrogen) atoms. The minimum atomic E-state index is -1.96. The molecular weight excluding hydrogens is 434 g/mol. The van der Waals surface area contributed by atoms with Crippen molar-refractivity contribution in [2.24, 2.45) is 11.8 Å². The Balaban J connectivity index is 1.52. The molecule has 0 radical (unpaired) electrons. The summed E-state index contributed by atoms with van der Waals surface area (Å²) in [4.78, 5) is 44.4. The van der Waals surface area contributed by atoms with Gasteiger partial charge < -0.3 is 10.2 Å². The first kappa shape index (κ1) is 21.9. The van der Waals surface area contributed by atoms with Crippen molar-refractivity contribution in [2.75, 3.05) is 6.61 Å². The van der Waals surface area contributed by atoms with Gasteiger partial charge in [0.25, 0.3) is 0 Å². The summed E-state index contributed by atoms with van der Waals surface area (Å²) in [6.45, 7) is -0.870. The lowest BCUT2D eigenvalue weighted by Gasteiger charge is -2.29. The Labute approximate surface area is 195 Å². The van der Waals surface area contributed by atoms with E-state index in [9.17, 15) is 24.6 Å². The number of aliphatic hydroxyl groups excluding tert-OH is 1. The predicted molar refractivity (Wildman–Crippen MR) is 122 cm³/mol. The fourth-order valence-corrected chi connectivity index (χ4v) is 5.08. The van der Waals surface area contributed by atoms with Crippen molar-refractivity contribution in [1.29, 1.82) is 0 Å². The second-order valence-corrected chi connectivity index (χ2v) is 8.63. The maximum Gasteiger partial charge on any atom is 0.327 e. The number of pyridine rings is 1. The normalized spacial score (nSPS) is 26.0. The number of carbonyl (C=O) groups excluding carboxylic acids is 2. The number of carboxylic acid groups (broad SMARTS) is 1. The van der Waals surface area contributed by atoms with Gasteiger partial charge in [-0.1, -0.05) is 60.7 Å². The summed E-state index contributed by atoms with van der Waals surface area (Å²) in [5, 5.41) is 23.1. The lowest BCUT2D eigenvalue weighted by atomic mass is 9.79. The van der Waals surface area contributed by atoms with Crippen molar-refractivity contribution in [3.8, 4) is 11.1 Å². The second kappa shape index (κ2) is 8.48. The number of aromatic nitrogens is 1. The van der Waals surface area contributed by atoms with E-state index in [0.29, 0.717) is 11.3 Å². The van der Waals surface area contributed by atoms with Crippen LogP contribution in [0.15, 0.2) is 79.0 Å². The molecule has 2 fully saturated rings. The van der Waals surface area contributed by atoms with E-state index in [1.807, 2.05) is 54.6 Å². The Hall–Kier alpha value is -3.88. The molecule has 0 spiro atoms. The molecule has 3 N–H and O–H groups in total. The number of carbonyl (C=O) groups is 3. The third kappa shape index (κ3) is 3.39.